The van der Waals surface area contributed by atoms with E-state index >= 15 is 0 Å². The van der Waals surface area contributed by atoms with Gasteiger partial charge in [-0.3, -0.25) is 5.21 Å². The minimum Gasteiger partial charge on any atom is -0.348 e. The Bertz CT molecular complexity index is 682. The lowest BCUT2D eigenvalue weighted by atomic mass is 9.73. The Labute approximate surface area is 139 Å². The van der Waals surface area contributed by atoms with E-state index in [1.807, 2.05) is 0 Å². The number of nitrogens with zero attached hydrogens (tertiary/aromatic N) is 2. The second kappa shape index (κ2) is 8.06. The number of hydroxylamine groups is 2. The van der Waals surface area contributed by atoms with Gasteiger partial charge in [-0.2, -0.15) is 0 Å². The minimum atomic E-state index is -0.495. The fourth-order valence-electron chi connectivity index (χ4n) is 2.31. The number of urea groups is 1. The van der Waals surface area contributed by atoms with Gasteiger partial charge in [-0.25, -0.2) is 9.86 Å². The third-order valence-electron chi connectivity index (χ3n) is 4.25. The fourth-order valence-corrected chi connectivity index (χ4v) is 2.31. The van der Waals surface area contributed by atoms with E-state index in [4.69, 9.17) is 5.21 Å². The van der Waals surface area contributed by atoms with Gasteiger partial charge in [0.25, 0.3) is 0 Å². The van der Waals surface area contributed by atoms with Crippen molar-refractivity contribution < 1.29 is 10.0 Å². The van der Waals surface area contributed by atoms with Crippen LogP contribution in [0.2, 0.25) is 6.82 Å². The van der Waals surface area contributed by atoms with Gasteiger partial charge in [-0.1, -0.05) is 18.5 Å². The van der Waals surface area contributed by atoms with Crippen LogP contribution in [0.15, 0.2) is 18.2 Å². The molecule has 5 nitrogen and oxygen atoms in total. The normalized spacial score (nSPS) is 11.5. The summed E-state index contributed by atoms with van der Waals surface area (Å²) in [7, 11) is 5.31. The molecule has 0 bridgehead atoms. The number of aromatic nitrogens is 1. The Morgan fingerprint density at radius 1 is 1.35 bits per heavy atom. The van der Waals surface area contributed by atoms with Crippen molar-refractivity contribution in [3.63, 3.8) is 0 Å². The third-order valence-corrected chi connectivity index (χ3v) is 4.25. The van der Waals surface area contributed by atoms with Crippen molar-refractivity contribution in [2.75, 3.05) is 7.05 Å². The van der Waals surface area contributed by atoms with Gasteiger partial charge < -0.3 is 9.88 Å². The SMILES string of the molecule is C[B]C(C)N(O)C(=O)NC.Cc1ccc2c(c1)c(C)c(C)n2C. The summed E-state index contributed by atoms with van der Waals surface area (Å²) in [5, 5.41) is 13.3. The van der Waals surface area contributed by atoms with Crippen LogP contribution >= 0.6 is 0 Å². The van der Waals surface area contributed by atoms with Gasteiger partial charge in [0.1, 0.15) is 7.28 Å². The highest BCUT2D eigenvalue weighted by molar-refractivity contribution is 6.35. The maximum Gasteiger partial charge on any atom is 0.340 e. The molecule has 0 aliphatic rings. The topological polar surface area (TPSA) is 57.5 Å². The molecule has 6 heteroatoms. The molecule has 2 rings (SSSR count). The summed E-state index contributed by atoms with van der Waals surface area (Å²) < 4.78 is 2.25. The van der Waals surface area contributed by atoms with Crippen molar-refractivity contribution in [3.05, 3.63) is 35.0 Å². The van der Waals surface area contributed by atoms with Crippen molar-refractivity contribution in [2.45, 2.75) is 40.5 Å². The Balaban J connectivity index is 0.000000241. The zero-order chi connectivity index (χ0) is 17.7. The van der Waals surface area contributed by atoms with E-state index in [9.17, 15) is 4.79 Å². The van der Waals surface area contributed by atoms with Gasteiger partial charge in [-0.05, 0) is 45.4 Å². The molecule has 1 heterocycles. The number of aryl methyl sites for hydroxylation is 3. The zero-order valence-corrected chi connectivity index (χ0v) is 15.1. The number of carbonyl (C=O) groups excluding carboxylic acids is 1. The summed E-state index contributed by atoms with van der Waals surface area (Å²) in [6.45, 7) is 10.00. The second-order valence-corrected chi connectivity index (χ2v) is 5.76. The molecule has 0 spiro atoms. The Hall–Kier alpha value is -1.95. The molecule has 125 valence electrons. The molecular weight excluding hydrogens is 289 g/mol. The fraction of sp³-hybridized carbons (Fsp3) is 0.471. The van der Waals surface area contributed by atoms with Crippen LogP contribution in [0, 0.1) is 20.8 Å². The number of hydrogen-bond acceptors (Lipinski definition) is 2. The van der Waals surface area contributed by atoms with Crippen molar-refractivity contribution in [3.8, 4) is 0 Å². The van der Waals surface area contributed by atoms with E-state index in [2.05, 4.69) is 55.9 Å². The van der Waals surface area contributed by atoms with Gasteiger partial charge in [0.15, 0.2) is 0 Å². The number of hydrogen-bond donors (Lipinski definition) is 2. The zero-order valence-electron chi connectivity index (χ0n) is 15.1. The smallest absolute Gasteiger partial charge is 0.340 e. The van der Waals surface area contributed by atoms with Crippen LogP contribution in [-0.2, 0) is 7.05 Å². The number of fused-ring (bicyclic) bond motifs is 1. The molecule has 0 aliphatic carbocycles. The highest BCUT2D eigenvalue weighted by Gasteiger charge is 2.14. The van der Waals surface area contributed by atoms with Crippen LogP contribution in [0.4, 0.5) is 4.79 Å². The maximum absolute atomic E-state index is 10.7. The van der Waals surface area contributed by atoms with Gasteiger partial charge in [0, 0.05) is 36.6 Å². The monoisotopic (exact) mass is 316 g/mol. The molecule has 1 aromatic carbocycles. The van der Waals surface area contributed by atoms with Crippen LogP contribution < -0.4 is 5.32 Å². The van der Waals surface area contributed by atoms with Crippen LogP contribution in [0.25, 0.3) is 10.9 Å². The largest absolute Gasteiger partial charge is 0.348 e. The van der Waals surface area contributed by atoms with Gasteiger partial charge in [-0.15, -0.1) is 0 Å². The lowest BCUT2D eigenvalue weighted by molar-refractivity contribution is -0.0510. The summed E-state index contributed by atoms with van der Waals surface area (Å²) in [6, 6.07) is 6.13. The number of nitrogens with one attached hydrogen (secondary N) is 1. The van der Waals surface area contributed by atoms with E-state index in [0.29, 0.717) is 5.06 Å². The Morgan fingerprint density at radius 2 is 1.96 bits per heavy atom. The van der Waals surface area contributed by atoms with Crippen molar-refractivity contribution >= 4 is 24.2 Å². The van der Waals surface area contributed by atoms with Crippen LogP contribution in [0.3, 0.4) is 0 Å². The average Bonchev–Trinajstić information content (AvgIpc) is 2.77. The quantitative estimate of drug-likeness (QED) is 0.508. The van der Waals surface area contributed by atoms with E-state index in [1.54, 1.807) is 21.0 Å². The average molecular weight is 316 g/mol. The predicted octanol–water partition coefficient (Wildman–Crippen LogP) is 3.22. The Kier molecular flexibility index (Phi) is 6.70. The van der Waals surface area contributed by atoms with Crippen molar-refractivity contribution in [1.29, 1.82) is 0 Å². The highest BCUT2D eigenvalue weighted by atomic mass is 16.5. The number of carbonyl (C=O) groups is 1. The van der Waals surface area contributed by atoms with E-state index in [1.165, 1.54) is 34.8 Å². The molecule has 2 aromatic rings. The number of benzene rings is 1. The first kappa shape index (κ1) is 19.1. The molecule has 0 fully saturated rings. The van der Waals surface area contributed by atoms with E-state index in [-0.39, 0.29) is 5.94 Å². The van der Waals surface area contributed by atoms with Gasteiger partial charge in [0.2, 0.25) is 0 Å². The van der Waals surface area contributed by atoms with Crippen LogP contribution in [0.1, 0.15) is 23.7 Å². The van der Waals surface area contributed by atoms with E-state index < -0.39 is 6.03 Å². The molecule has 2 amide bonds. The van der Waals surface area contributed by atoms with Crippen molar-refractivity contribution in [1.82, 2.24) is 14.9 Å². The minimum absolute atomic E-state index is 0.250. The lowest BCUT2D eigenvalue weighted by Crippen LogP contribution is -2.43. The molecule has 1 unspecified atom stereocenters. The second-order valence-electron chi connectivity index (χ2n) is 5.76. The summed E-state index contributed by atoms with van der Waals surface area (Å²) in [5.74, 6) is -0.250. The van der Waals surface area contributed by atoms with Crippen LogP contribution in [0.5, 0.6) is 0 Å². The molecule has 1 aromatic heterocycles. The first-order chi connectivity index (χ1) is 10.7. The third kappa shape index (κ3) is 4.29. The van der Waals surface area contributed by atoms with E-state index in [0.717, 1.165) is 0 Å². The summed E-state index contributed by atoms with van der Waals surface area (Å²) in [5.41, 5.74) is 5.43. The maximum atomic E-state index is 10.7. The number of amides is 2. The molecule has 1 radical (unpaired) electrons. The molecule has 0 saturated heterocycles. The predicted molar refractivity (Wildman–Crippen MR) is 96.3 cm³/mol. The summed E-state index contributed by atoms with van der Waals surface area (Å²) in [4.78, 5) is 10.7. The Morgan fingerprint density at radius 3 is 2.48 bits per heavy atom. The molecular formula is C17H27BN3O2. The standard InChI is InChI=1S/C12H15N.C5H12BN2O2/c1-8-5-6-12-11(7-8)9(2)10(3)13(12)4;1-4(6-2)8(10)5(9)7-3/h5-7H,1-4H3;4,10H,1-3H3,(H,7,9). The molecule has 0 saturated carbocycles. The molecule has 23 heavy (non-hydrogen) atoms. The highest BCUT2D eigenvalue weighted by Crippen LogP contribution is 2.24. The summed E-state index contributed by atoms with van der Waals surface area (Å²) >= 11 is 0. The van der Waals surface area contributed by atoms with Crippen molar-refractivity contribution in [2.24, 2.45) is 7.05 Å². The number of rotatable bonds is 2. The van der Waals surface area contributed by atoms with Gasteiger partial charge in [0.05, 0.1) is 0 Å². The summed E-state index contributed by atoms with van der Waals surface area (Å²) in [6.07, 6.45) is 0. The van der Waals surface area contributed by atoms with Crippen LogP contribution in [-0.4, -0.2) is 41.1 Å². The molecule has 0 aliphatic heterocycles. The molecule has 2 N–H and O–H groups in total. The molecule has 1 atom stereocenters. The van der Waals surface area contributed by atoms with Gasteiger partial charge >= 0.3 is 6.03 Å². The first-order valence-corrected chi connectivity index (χ1v) is 7.76. The lowest BCUT2D eigenvalue weighted by Gasteiger charge is -2.19. The first-order valence-electron chi connectivity index (χ1n) is 7.76.